The van der Waals surface area contributed by atoms with Crippen LogP contribution in [-0.2, 0) is 6.54 Å². The number of hydrogen-bond acceptors (Lipinski definition) is 5. The molecule has 2 N–H and O–H groups in total. The second-order valence-electron chi connectivity index (χ2n) is 4.33. The van der Waals surface area contributed by atoms with Gasteiger partial charge in [-0.25, -0.2) is 0 Å². The Morgan fingerprint density at radius 2 is 2.28 bits per heavy atom. The van der Waals surface area contributed by atoms with Gasteiger partial charge in [0.05, 0.1) is 7.11 Å². The van der Waals surface area contributed by atoms with Crippen LogP contribution in [0.2, 0.25) is 0 Å². The van der Waals surface area contributed by atoms with Crippen LogP contribution in [0.3, 0.4) is 0 Å². The molecule has 18 heavy (non-hydrogen) atoms. The van der Waals surface area contributed by atoms with Crippen molar-refractivity contribution in [3.8, 4) is 17.2 Å². The molecule has 0 bridgehead atoms. The molecular formula is C13H19NO4. The maximum absolute atomic E-state index is 8.85. The first-order valence-corrected chi connectivity index (χ1v) is 6.05. The normalized spacial score (nSPS) is 14.6. The van der Waals surface area contributed by atoms with Crippen molar-refractivity contribution in [2.45, 2.75) is 25.9 Å². The number of rotatable bonds is 6. The van der Waals surface area contributed by atoms with Gasteiger partial charge in [-0.1, -0.05) is 0 Å². The molecule has 0 aliphatic carbocycles. The lowest BCUT2D eigenvalue weighted by atomic mass is 10.1. The summed E-state index contributed by atoms with van der Waals surface area (Å²) in [5.74, 6) is 2.09. The Kier molecular flexibility index (Phi) is 4.28. The minimum Gasteiger partial charge on any atom is -0.493 e. The molecule has 2 rings (SSSR count). The van der Waals surface area contributed by atoms with Gasteiger partial charge in [-0.15, -0.1) is 0 Å². The SMILES string of the molecule is COc1cc(CNC(C)CCO)cc2c1OCO2. The third-order valence-electron chi connectivity index (χ3n) is 2.93. The monoisotopic (exact) mass is 253 g/mol. The zero-order valence-electron chi connectivity index (χ0n) is 10.7. The van der Waals surface area contributed by atoms with Gasteiger partial charge in [0.15, 0.2) is 11.5 Å². The Bertz CT molecular complexity index is 408. The van der Waals surface area contributed by atoms with Crippen molar-refractivity contribution in [3.63, 3.8) is 0 Å². The lowest BCUT2D eigenvalue weighted by Crippen LogP contribution is -2.26. The third kappa shape index (κ3) is 2.86. The predicted molar refractivity (Wildman–Crippen MR) is 67.1 cm³/mol. The average molecular weight is 253 g/mol. The Morgan fingerprint density at radius 3 is 3.00 bits per heavy atom. The van der Waals surface area contributed by atoms with Crippen LogP contribution >= 0.6 is 0 Å². The molecule has 1 unspecified atom stereocenters. The van der Waals surface area contributed by atoms with E-state index in [-0.39, 0.29) is 19.4 Å². The summed E-state index contributed by atoms with van der Waals surface area (Å²) in [6, 6.07) is 4.15. The standard InChI is InChI=1S/C13H19NO4/c1-9(3-4-15)14-7-10-5-11(16-2)13-12(6-10)17-8-18-13/h5-6,9,14-15H,3-4,7-8H2,1-2H3. The molecule has 1 aromatic rings. The van der Waals surface area contributed by atoms with Crippen LogP contribution < -0.4 is 19.5 Å². The minimum absolute atomic E-state index is 0.193. The molecule has 1 aromatic carbocycles. The molecule has 5 nitrogen and oxygen atoms in total. The summed E-state index contributed by atoms with van der Waals surface area (Å²) in [5.41, 5.74) is 1.07. The molecule has 0 saturated carbocycles. The van der Waals surface area contributed by atoms with Crippen molar-refractivity contribution in [3.05, 3.63) is 17.7 Å². The van der Waals surface area contributed by atoms with E-state index in [2.05, 4.69) is 5.32 Å². The van der Waals surface area contributed by atoms with E-state index in [1.807, 2.05) is 19.1 Å². The van der Waals surface area contributed by atoms with E-state index < -0.39 is 0 Å². The molecular weight excluding hydrogens is 234 g/mol. The fourth-order valence-corrected chi connectivity index (χ4v) is 1.87. The molecule has 1 aliphatic rings. The highest BCUT2D eigenvalue weighted by atomic mass is 16.7. The number of methoxy groups -OCH3 is 1. The highest BCUT2D eigenvalue weighted by Gasteiger charge is 2.19. The van der Waals surface area contributed by atoms with Crippen molar-refractivity contribution in [1.82, 2.24) is 5.32 Å². The van der Waals surface area contributed by atoms with Crippen LogP contribution in [0.4, 0.5) is 0 Å². The summed E-state index contributed by atoms with van der Waals surface area (Å²) in [5, 5.41) is 12.2. The molecule has 1 aliphatic heterocycles. The van der Waals surface area contributed by atoms with Gasteiger partial charge < -0.3 is 24.6 Å². The molecule has 5 heteroatoms. The van der Waals surface area contributed by atoms with Crippen molar-refractivity contribution in [1.29, 1.82) is 0 Å². The summed E-state index contributed by atoms with van der Waals surface area (Å²) < 4.78 is 16.0. The lowest BCUT2D eigenvalue weighted by Gasteiger charge is -2.13. The van der Waals surface area contributed by atoms with Crippen LogP contribution in [-0.4, -0.2) is 31.7 Å². The van der Waals surface area contributed by atoms with Crippen LogP contribution in [0, 0.1) is 0 Å². The summed E-state index contributed by atoms with van der Waals surface area (Å²) in [6.45, 7) is 3.18. The molecule has 1 heterocycles. The number of benzene rings is 1. The first-order valence-electron chi connectivity index (χ1n) is 6.05. The minimum atomic E-state index is 0.193. The van der Waals surface area contributed by atoms with Gasteiger partial charge in [-0.3, -0.25) is 0 Å². The van der Waals surface area contributed by atoms with Gasteiger partial charge >= 0.3 is 0 Å². The van der Waals surface area contributed by atoms with Gasteiger partial charge in [-0.2, -0.15) is 0 Å². The molecule has 0 spiro atoms. The zero-order chi connectivity index (χ0) is 13.0. The van der Waals surface area contributed by atoms with E-state index in [1.165, 1.54) is 0 Å². The average Bonchev–Trinajstić information content (AvgIpc) is 2.83. The van der Waals surface area contributed by atoms with Gasteiger partial charge in [0.25, 0.3) is 0 Å². The van der Waals surface area contributed by atoms with Crippen molar-refractivity contribution >= 4 is 0 Å². The first-order chi connectivity index (χ1) is 8.74. The van der Waals surface area contributed by atoms with Crippen molar-refractivity contribution in [2.75, 3.05) is 20.5 Å². The van der Waals surface area contributed by atoms with Crippen LogP contribution in [0.15, 0.2) is 12.1 Å². The fourth-order valence-electron chi connectivity index (χ4n) is 1.87. The van der Waals surface area contributed by atoms with E-state index >= 15 is 0 Å². The van der Waals surface area contributed by atoms with Crippen LogP contribution in [0.5, 0.6) is 17.2 Å². The number of aliphatic hydroxyl groups is 1. The maximum Gasteiger partial charge on any atom is 0.231 e. The Balaban J connectivity index is 2.05. The molecule has 100 valence electrons. The number of fused-ring (bicyclic) bond motifs is 1. The zero-order valence-corrected chi connectivity index (χ0v) is 10.7. The Hall–Kier alpha value is -1.46. The lowest BCUT2D eigenvalue weighted by molar-refractivity contribution is 0.171. The summed E-state index contributed by atoms with van der Waals surface area (Å²) in [6.07, 6.45) is 0.738. The van der Waals surface area contributed by atoms with Gasteiger partial charge in [0.1, 0.15) is 0 Å². The third-order valence-corrected chi connectivity index (χ3v) is 2.93. The fraction of sp³-hybridized carbons (Fsp3) is 0.538. The van der Waals surface area contributed by atoms with Gasteiger partial charge in [0, 0.05) is 19.2 Å². The van der Waals surface area contributed by atoms with E-state index in [1.54, 1.807) is 7.11 Å². The molecule has 0 saturated heterocycles. The Morgan fingerprint density at radius 1 is 1.44 bits per heavy atom. The van der Waals surface area contributed by atoms with Crippen molar-refractivity contribution < 1.29 is 19.3 Å². The second-order valence-corrected chi connectivity index (χ2v) is 4.33. The predicted octanol–water partition coefficient (Wildman–Crippen LogP) is 1.28. The van der Waals surface area contributed by atoms with E-state index in [0.29, 0.717) is 18.0 Å². The van der Waals surface area contributed by atoms with Gasteiger partial charge in [-0.05, 0) is 31.0 Å². The summed E-state index contributed by atoms with van der Waals surface area (Å²) >= 11 is 0. The van der Waals surface area contributed by atoms with E-state index in [0.717, 1.165) is 17.7 Å². The number of nitrogens with one attached hydrogen (secondary N) is 1. The summed E-state index contributed by atoms with van der Waals surface area (Å²) in [4.78, 5) is 0. The second kappa shape index (κ2) is 5.93. The largest absolute Gasteiger partial charge is 0.493 e. The highest BCUT2D eigenvalue weighted by Crippen LogP contribution is 2.41. The van der Waals surface area contributed by atoms with Crippen molar-refractivity contribution in [2.24, 2.45) is 0 Å². The molecule has 1 atom stereocenters. The molecule has 0 amide bonds. The van der Waals surface area contributed by atoms with Crippen LogP contribution in [0.25, 0.3) is 0 Å². The van der Waals surface area contributed by atoms with Gasteiger partial charge in [0.2, 0.25) is 12.5 Å². The smallest absolute Gasteiger partial charge is 0.231 e. The van der Waals surface area contributed by atoms with E-state index in [4.69, 9.17) is 19.3 Å². The highest BCUT2D eigenvalue weighted by molar-refractivity contribution is 5.55. The maximum atomic E-state index is 8.85. The number of hydrogen-bond donors (Lipinski definition) is 2. The van der Waals surface area contributed by atoms with Crippen LogP contribution in [0.1, 0.15) is 18.9 Å². The number of aliphatic hydroxyl groups excluding tert-OH is 1. The number of ether oxygens (including phenoxy) is 3. The molecule has 0 fully saturated rings. The molecule has 0 aromatic heterocycles. The summed E-state index contributed by atoms with van der Waals surface area (Å²) in [7, 11) is 1.61. The van der Waals surface area contributed by atoms with E-state index in [9.17, 15) is 0 Å². The topological polar surface area (TPSA) is 60.0 Å². The molecule has 0 radical (unpaired) electrons. The Labute approximate surface area is 107 Å². The quantitative estimate of drug-likeness (QED) is 0.800. The first kappa shape index (κ1) is 13.0.